The number of hydrogen-bond donors (Lipinski definition) is 0. The standard InChI is InChI=1S/C27H27N3O5S/c1-6-33-26(32)23-16(3)28-27-30(24(23)17-7-9-19(10-8-17)29(4)5)25(31)22(36-27)13-18-12-21-20(11-15(18)2)34-14-35-21/h7-13,24H,6,14H2,1-5H3/b22-13-. The third-order valence-electron chi connectivity index (χ3n) is 6.29. The van der Waals surface area contributed by atoms with Crippen molar-refractivity contribution in [2.45, 2.75) is 26.8 Å². The molecule has 0 saturated heterocycles. The van der Waals surface area contributed by atoms with Crippen LogP contribution in [0.1, 0.15) is 36.6 Å². The van der Waals surface area contributed by atoms with Crippen LogP contribution in [0, 0.1) is 6.92 Å². The molecular formula is C27H27N3O5S. The maximum absolute atomic E-state index is 13.8. The Labute approximate surface area is 212 Å². The van der Waals surface area contributed by atoms with Crippen LogP contribution in [0.5, 0.6) is 11.5 Å². The van der Waals surface area contributed by atoms with Gasteiger partial charge in [-0.3, -0.25) is 9.36 Å². The fourth-order valence-corrected chi connectivity index (χ4v) is 5.46. The molecule has 8 nitrogen and oxygen atoms in total. The van der Waals surface area contributed by atoms with Crippen molar-refractivity contribution in [1.29, 1.82) is 0 Å². The summed E-state index contributed by atoms with van der Waals surface area (Å²) in [5.74, 6) is 0.877. The van der Waals surface area contributed by atoms with Gasteiger partial charge in [0.15, 0.2) is 16.3 Å². The Morgan fingerprint density at radius 1 is 1.19 bits per heavy atom. The minimum absolute atomic E-state index is 0.183. The molecule has 1 unspecified atom stereocenters. The predicted octanol–water partition coefficient (Wildman–Crippen LogP) is 2.90. The number of benzene rings is 2. The number of anilines is 1. The first-order chi connectivity index (χ1) is 17.3. The quantitative estimate of drug-likeness (QED) is 0.496. The van der Waals surface area contributed by atoms with Gasteiger partial charge in [0.1, 0.15) is 0 Å². The van der Waals surface area contributed by atoms with Crippen molar-refractivity contribution in [1.82, 2.24) is 4.57 Å². The van der Waals surface area contributed by atoms with Crippen molar-refractivity contribution in [3.63, 3.8) is 0 Å². The van der Waals surface area contributed by atoms with Gasteiger partial charge in [0.05, 0.1) is 28.5 Å². The molecule has 0 amide bonds. The van der Waals surface area contributed by atoms with Gasteiger partial charge in [0.2, 0.25) is 6.79 Å². The molecular weight excluding hydrogens is 478 g/mol. The van der Waals surface area contributed by atoms with E-state index in [2.05, 4.69) is 4.99 Å². The van der Waals surface area contributed by atoms with E-state index >= 15 is 0 Å². The van der Waals surface area contributed by atoms with E-state index < -0.39 is 12.0 Å². The molecule has 2 aliphatic heterocycles. The van der Waals surface area contributed by atoms with E-state index in [9.17, 15) is 9.59 Å². The summed E-state index contributed by atoms with van der Waals surface area (Å²) in [7, 11) is 3.93. The zero-order valence-electron chi connectivity index (χ0n) is 20.8. The normalized spacial score (nSPS) is 16.6. The summed E-state index contributed by atoms with van der Waals surface area (Å²) < 4.78 is 18.5. The number of allylic oxidation sites excluding steroid dienone is 1. The van der Waals surface area contributed by atoms with Gasteiger partial charge in [-0.05, 0) is 67.8 Å². The summed E-state index contributed by atoms with van der Waals surface area (Å²) >= 11 is 1.30. The van der Waals surface area contributed by atoms with Crippen LogP contribution in [-0.4, -0.2) is 38.0 Å². The van der Waals surface area contributed by atoms with Crippen LogP contribution >= 0.6 is 11.3 Å². The lowest BCUT2D eigenvalue weighted by atomic mass is 9.95. The van der Waals surface area contributed by atoms with Gasteiger partial charge in [0.25, 0.3) is 5.56 Å². The largest absolute Gasteiger partial charge is 0.463 e. The fourth-order valence-electron chi connectivity index (χ4n) is 4.42. The highest BCUT2D eigenvalue weighted by Gasteiger charge is 2.33. The summed E-state index contributed by atoms with van der Waals surface area (Å²) in [5, 5.41) is 0. The van der Waals surface area contributed by atoms with Gasteiger partial charge in [0, 0.05) is 19.8 Å². The number of thiazole rings is 1. The second-order valence-electron chi connectivity index (χ2n) is 8.85. The lowest BCUT2D eigenvalue weighted by molar-refractivity contribution is -0.139. The molecule has 2 aliphatic rings. The predicted molar refractivity (Wildman–Crippen MR) is 138 cm³/mol. The van der Waals surface area contributed by atoms with E-state index in [0.717, 1.165) is 22.4 Å². The number of rotatable bonds is 5. The molecule has 36 heavy (non-hydrogen) atoms. The number of hydrogen-bond acceptors (Lipinski definition) is 8. The highest BCUT2D eigenvalue weighted by molar-refractivity contribution is 7.07. The molecule has 9 heteroatoms. The fraction of sp³-hybridized carbons (Fsp3) is 0.296. The van der Waals surface area contributed by atoms with Gasteiger partial charge >= 0.3 is 5.97 Å². The van der Waals surface area contributed by atoms with Crippen LogP contribution in [0.25, 0.3) is 6.08 Å². The Morgan fingerprint density at radius 3 is 2.56 bits per heavy atom. The van der Waals surface area contributed by atoms with Crippen LogP contribution in [0.2, 0.25) is 0 Å². The lowest BCUT2D eigenvalue weighted by Gasteiger charge is -2.25. The van der Waals surface area contributed by atoms with Crippen LogP contribution in [0.3, 0.4) is 0 Å². The first-order valence-corrected chi connectivity index (χ1v) is 12.5. The van der Waals surface area contributed by atoms with E-state index in [4.69, 9.17) is 14.2 Å². The van der Waals surface area contributed by atoms with Crippen molar-refractivity contribution >= 4 is 29.1 Å². The molecule has 0 N–H and O–H groups in total. The SMILES string of the molecule is CCOC(=O)C1=C(C)N=c2s/c(=C\c3cc4c(cc3C)OCO4)c(=O)n2C1c1ccc(N(C)C)cc1. The topological polar surface area (TPSA) is 82.4 Å². The summed E-state index contributed by atoms with van der Waals surface area (Å²) in [6.45, 7) is 5.92. The first-order valence-electron chi connectivity index (χ1n) is 11.7. The first kappa shape index (κ1) is 23.9. The third-order valence-corrected chi connectivity index (χ3v) is 7.27. The van der Waals surface area contributed by atoms with Crippen LogP contribution < -0.4 is 29.3 Å². The van der Waals surface area contributed by atoms with Crippen molar-refractivity contribution in [3.05, 3.63) is 84.0 Å². The van der Waals surface area contributed by atoms with Gasteiger partial charge < -0.3 is 19.1 Å². The number of fused-ring (bicyclic) bond motifs is 2. The van der Waals surface area contributed by atoms with Crippen LogP contribution in [0.4, 0.5) is 5.69 Å². The summed E-state index contributed by atoms with van der Waals surface area (Å²) in [5.41, 5.74) is 4.34. The zero-order valence-corrected chi connectivity index (χ0v) is 21.6. The average molecular weight is 506 g/mol. The highest BCUT2D eigenvalue weighted by atomic mass is 32.1. The van der Waals surface area contributed by atoms with Crippen molar-refractivity contribution in [2.75, 3.05) is 32.4 Å². The van der Waals surface area contributed by atoms with E-state index in [1.807, 2.05) is 68.4 Å². The molecule has 186 valence electrons. The zero-order chi connectivity index (χ0) is 25.6. The molecule has 1 aromatic heterocycles. The van der Waals surface area contributed by atoms with Crippen molar-refractivity contribution in [3.8, 4) is 11.5 Å². The number of carbonyl (C=O) groups is 1. The van der Waals surface area contributed by atoms with E-state index in [1.165, 1.54) is 11.3 Å². The highest BCUT2D eigenvalue weighted by Crippen LogP contribution is 2.35. The molecule has 1 atom stereocenters. The molecule has 0 fully saturated rings. The number of aryl methyl sites for hydroxylation is 1. The summed E-state index contributed by atoms with van der Waals surface area (Å²) in [6, 6.07) is 11.0. The third kappa shape index (κ3) is 4.09. The van der Waals surface area contributed by atoms with Crippen LogP contribution in [0.15, 0.2) is 57.5 Å². The summed E-state index contributed by atoms with van der Waals surface area (Å²) in [4.78, 5) is 34.0. The minimum Gasteiger partial charge on any atom is -0.463 e. The molecule has 0 saturated carbocycles. The van der Waals surface area contributed by atoms with Gasteiger partial charge in [-0.15, -0.1) is 0 Å². The summed E-state index contributed by atoms with van der Waals surface area (Å²) in [6.07, 6.45) is 1.84. The van der Waals surface area contributed by atoms with E-state index in [0.29, 0.717) is 32.1 Å². The molecule has 0 radical (unpaired) electrons. The molecule has 2 aromatic carbocycles. The monoisotopic (exact) mass is 505 g/mol. The Kier molecular flexibility index (Phi) is 6.17. The molecule has 3 aromatic rings. The smallest absolute Gasteiger partial charge is 0.338 e. The second-order valence-corrected chi connectivity index (χ2v) is 9.86. The minimum atomic E-state index is -0.642. The van der Waals surface area contributed by atoms with Gasteiger partial charge in [-0.1, -0.05) is 23.5 Å². The number of aromatic nitrogens is 1. The second kappa shape index (κ2) is 9.31. The van der Waals surface area contributed by atoms with E-state index in [1.54, 1.807) is 18.4 Å². The molecule has 3 heterocycles. The Bertz CT molecular complexity index is 1560. The van der Waals surface area contributed by atoms with Crippen molar-refractivity contribution < 1.29 is 19.0 Å². The Morgan fingerprint density at radius 2 is 1.89 bits per heavy atom. The maximum Gasteiger partial charge on any atom is 0.338 e. The van der Waals surface area contributed by atoms with Gasteiger partial charge in [-0.25, -0.2) is 9.79 Å². The van der Waals surface area contributed by atoms with Gasteiger partial charge in [-0.2, -0.15) is 0 Å². The molecule has 0 spiro atoms. The van der Waals surface area contributed by atoms with E-state index in [-0.39, 0.29) is 19.0 Å². The Balaban J connectivity index is 1.69. The Hall–Kier alpha value is -3.85. The van der Waals surface area contributed by atoms with Crippen molar-refractivity contribution in [2.24, 2.45) is 4.99 Å². The lowest BCUT2D eigenvalue weighted by Crippen LogP contribution is -2.40. The number of nitrogens with zero attached hydrogens (tertiary/aromatic N) is 3. The number of carbonyl (C=O) groups excluding carboxylic acids is 1. The molecule has 0 bridgehead atoms. The number of ether oxygens (including phenoxy) is 3. The molecule has 0 aliphatic carbocycles. The molecule has 5 rings (SSSR count). The number of esters is 1. The maximum atomic E-state index is 13.8. The average Bonchev–Trinajstić information content (AvgIpc) is 3.42. The van der Waals surface area contributed by atoms with Crippen LogP contribution in [-0.2, 0) is 9.53 Å².